The van der Waals surface area contributed by atoms with Gasteiger partial charge < -0.3 is 42.4 Å². The van der Waals surface area contributed by atoms with Crippen molar-refractivity contribution in [3.8, 4) is 0 Å². The summed E-state index contributed by atoms with van der Waals surface area (Å²) in [4.78, 5) is 97.4. The van der Waals surface area contributed by atoms with Crippen LogP contribution in [0.25, 0.3) is 0 Å². The number of ether oxygens (including phenoxy) is 1. The van der Waals surface area contributed by atoms with Crippen molar-refractivity contribution in [1.29, 1.82) is 0 Å². The van der Waals surface area contributed by atoms with Crippen molar-refractivity contribution in [2.24, 2.45) is 35.1 Å². The zero-order valence-electron chi connectivity index (χ0n) is 32.3. The Labute approximate surface area is 314 Å². The van der Waals surface area contributed by atoms with E-state index in [4.69, 9.17) is 16.2 Å². The van der Waals surface area contributed by atoms with Crippen molar-refractivity contribution >= 4 is 41.4 Å². The molecule has 2 aliphatic heterocycles. The summed E-state index contributed by atoms with van der Waals surface area (Å²) in [5.74, 6) is -5.52. The lowest BCUT2D eigenvalue weighted by atomic mass is 9.83. The van der Waals surface area contributed by atoms with Gasteiger partial charge in [0.15, 0.2) is 0 Å². The number of primary amides is 1. The smallest absolute Gasteiger partial charge is 0.325 e. The van der Waals surface area contributed by atoms with Crippen molar-refractivity contribution in [1.82, 2.24) is 31.1 Å². The van der Waals surface area contributed by atoms with Crippen LogP contribution in [-0.2, 0) is 38.3 Å². The van der Waals surface area contributed by atoms with E-state index >= 15 is 0 Å². The number of unbranched alkanes of at least 4 members (excludes halogenated alkanes) is 3. The molecule has 3 rings (SSSR count). The van der Waals surface area contributed by atoms with Crippen LogP contribution in [-0.4, -0.2) is 121 Å². The highest BCUT2D eigenvalue weighted by Gasteiger charge is 2.40. The fourth-order valence-corrected chi connectivity index (χ4v) is 7.43. The number of carbonyl (C=O) groups excluding carboxylic acids is 7. The first-order chi connectivity index (χ1) is 25.2. The Kier molecular flexibility index (Phi) is 17.4. The molecule has 0 aromatic rings. The average Bonchev–Trinajstić information content (AvgIpc) is 3.11. The molecular formula is C37H64N8O8. The summed E-state index contributed by atoms with van der Waals surface area (Å²) in [6.07, 6.45) is 7.56. The third-order valence-electron chi connectivity index (χ3n) is 10.8. The molecular weight excluding hydrogens is 684 g/mol. The van der Waals surface area contributed by atoms with Crippen molar-refractivity contribution < 1.29 is 38.3 Å². The molecule has 16 nitrogen and oxygen atoms in total. The summed E-state index contributed by atoms with van der Waals surface area (Å²) >= 11 is 0. The Hall–Kier alpha value is -3.79. The third-order valence-corrected chi connectivity index (χ3v) is 10.8. The number of nitrogens with zero attached hydrogens (tertiary/aromatic N) is 2. The molecule has 53 heavy (non-hydrogen) atoms. The predicted octanol–water partition coefficient (Wildman–Crippen LogP) is -0.0819. The highest BCUT2D eigenvalue weighted by atomic mass is 16.5. The molecule has 0 aromatic carbocycles. The van der Waals surface area contributed by atoms with E-state index in [1.54, 1.807) is 18.9 Å². The van der Waals surface area contributed by atoms with Crippen LogP contribution in [0.4, 0.5) is 0 Å². The average molecular weight is 749 g/mol. The molecule has 3 fully saturated rings. The zero-order valence-corrected chi connectivity index (χ0v) is 32.3. The minimum absolute atomic E-state index is 0.00242. The van der Waals surface area contributed by atoms with Gasteiger partial charge in [0, 0.05) is 33.2 Å². The maximum absolute atomic E-state index is 14.2. The van der Waals surface area contributed by atoms with Gasteiger partial charge in [-0.3, -0.25) is 38.5 Å². The van der Waals surface area contributed by atoms with Gasteiger partial charge in [0.2, 0.25) is 35.4 Å². The number of cyclic esters (lactones) is 1. The monoisotopic (exact) mass is 748 g/mol. The number of esters is 1. The molecule has 2 saturated heterocycles. The molecule has 300 valence electrons. The van der Waals surface area contributed by atoms with Gasteiger partial charge in [-0.15, -0.1) is 0 Å². The lowest BCUT2D eigenvalue weighted by Crippen LogP contribution is -2.63. The summed E-state index contributed by atoms with van der Waals surface area (Å²) in [6.45, 7) is 7.37. The SMILES string of the molecule is CCCCCC[C@H]1OC(=O)CNC(=O)[C@H](CN2CC(C(N)=O)C2)NC(=O)[C@H](CN)NC(=O)[C@H](C2CCCCC2)NC(=O)[C@H](CC(C)C)N(C)C(=O)[C@@H]1C. The fourth-order valence-electron chi connectivity index (χ4n) is 7.43. The molecule has 1 aliphatic carbocycles. The highest BCUT2D eigenvalue weighted by molar-refractivity contribution is 5.96. The molecule has 2 heterocycles. The molecule has 1 saturated carbocycles. The fraction of sp³-hybridized carbons (Fsp3) is 0.811. The Morgan fingerprint density at radius 1 is 0.887 bits per heavy atom. The predicted molar refractivity (Wildman–Crippen MR) is 197 cm³/mol. The highest BCUT2D eigenvalue weighted by Crippen LogP contribution is 2.28. The van der Waals surface area contributed by atoms with Crippen molar-refractivity contribution in [2.75, 3.05) is 39.8 Å². The summed E-state index contributed by atoms with van der Waals surface area (Å²) in [5, 5.41) is 10.9. The summed E-state index contributed by atoms with van der Waals surface area (Å²) < 4.78 is 5.85. The van der Waals surface area contributed by atoms with E-state index < -0.39 is 84.2 Å². The Morgan fingerprint density at radius 3 is 2.15 bits per heavy atom. The molecule has 3 aliphatic rings. The first-order valence-corrected chi connectivity index (χ1v) is 19.5. The number of hydrogen-bond donors (Lipinski definition) is 6. The second kappa shape index (κ2) is 21.2. The summed E-state index contributed by atoms with van der Waals surface area (Å²) in [6, 6.07) is -4.37. The summed E-state index contributed by atoms with van der Waals surface area (Å²) in [7, 11) is 1.55. The van der Waals surface area contributed by atoms with E-state index in [1.807, 2.05) is 13.8 Å². The number of likely N-dealkylation sites (N-methyl/N-ethyl adjacent to an activating group) is 1. The van der Waals surface area contributed by atoms with Gasteiger partial charge in [-0.25, -0.2) is 0 Å². The molecule has 0 unspecified atom stereocenters. The van der Waals surface area contributed by atoms with Gasteiger partial charge in [0.25, 0.3) is 0 Å². The van der Waals surface area contributed by atoms with E-state index in [2.05, 4.69) is 28.2 Å². The van der Waals surface area contributed by atoms with Crippen LogP contribution >= 0.6 is 0 Å². The van der Waals surface area contributed by atoms with Gasteiger partial charge in [0.05, 0.1) is 11.8 Å². The lowest BCUT2D eigenvalue weighted by molar-refractivity contribution is -0.157. The van der Waals surface area contributed by atoms with Gasteiger partial charge >= 0.3 is 5.97 Å². The van der Waals surface area contributed by atoms with Crippen LogP contribution in [0.1, 0.15) is 98.3 Å². The minimum atomic E-state index is -1.26. The topological polar surface area (TPSA) is 235 Å². The van der Waals surface area contributed by atoms with Crippen molar-refractivity contribution in [3.63, 3.8) is 0 Å². The molecule has 0 spiro atoms. The van der Waals surface area contributed by atoms with E-state index in [0.717, 1.165) is 38.5 Å². The van der Waals surface area contributed by atoms with Crippen LogP contribution in [0.15, 0.2) is 0 Å². The molecule has 6 amide bonds. The molecule has 6 atom stereocenters. The first-order valence-electron chi connectivity index (χ1n) is 19.5. The van der Waals surface area contributed by atoms with Gasteiger partial charge in [0.1, 0.15) is 36.8 Å². The number of carbonyl (C=O) groups is 7. The van der Waals surface area contributed by atoms with E-state index in [9.17, 15) is 33.6 Å². The molecule has 16 heteroatoms. The Balaban J connectivity index is 2.00. The lowest BCUT2D eigenvalue weighted by Gasteiger charge is -2.39. The molecule has 0 bridgehead atoms. The van der Waals surface area contributed by atoms with Crippen LogP contribution in [0.2, 0.25) is 0 Å². The number of hydrogen-bond acceptors (Lipinski definition) is 10. The van der Waals surface area contributed by atoms with E-state index in [1.165, 1.54) is 4.90 Å². The third kappa shape index (κ3) is 12.9. The first kappa shape index (κ1) is 43.6. The van der Waals surface area contributed by atoms with Gasteiger partial charge in [-0.05, 0) is 43.9 Å². The number of rotatable bonds is 12. The minimum Gasteiger partial charge on any atom is -0.460 e. The molecule has 8 N–H and O–H groups in total. The quantitative estimate of drug-likeness (QED) is 0.115. The largest absolute Gasteiger partial charge is 0.460 e. The second-order valence-corrected chi connectivity index (χ2v) is 15.5. The van der Waals surface area contributed by atoms with Crippen LogP contribution in [0, 0.1) is 23.7 Å². The normalized spacial score (nSPS) is 28.5. The number of nitrogens with two attached hydrogens (primary N) is 2. The van der Waals surface area contributed by atoms with E-state index in [-0.39, 0.29) is 43.9 Å². The van der Waals surface area contributed by atoms with Gasteiger partial charge in [-0.1, -0.05) is 66.2 Å². The van der Waals surface area contributed by atoms with Gasteiger partial charge in [-0.2, -0.15) is 0 Å². The van der Waals surface area contributed by atoms with Crippen LogP contribution in [0.5, 0.6) is 0 Å². The second-order valence-electron chi connectivity index (χ2n) is 15.5. The Morgan fingerprint density at radius 2 is 1.55 bits per heavy atom. The molecule has 0 aromatic heterocycles. The maximum atomic E-state index is 14.2. The number of nitrogens with one attached hydrogen (secondary N) is 4. The van der Waals surface area contributed by atoms with Crippen LogP contribution in [0.3, 0.4) is 0 Å². The summed E-state index contributed by atoms with van der Waals surface area (Å²) in [5.41, 5.74) is 11.4. The van der Waals surface area contributed by atoms with Crippen molar-refractivity contribution in [2.45, 2.75) is 129 Å². The standard InChI is InChI=1S/C37H64N8O8/c1-6-7-8-12-15-29-23(4)37(52)44(5)28(16-22(2)3)35(50)43-31(24-13-10-9-11-14-24)36(51)41-26(17-38)34(49)42-27(33(48)40-18-30(46)53-29)21-45-19-25(20-45)32(39)47/h22-29,31H,6-21,38H2,1-5H3,(H2,39,47)(H,40,48)(H,41,51)(H,42,49)(H,43,50)/t23-,26+,27+,28+,29-,31+/m1/s1. The number of amides is 6. The van der Waals surface area contributed by atoms with Crippen molar-refractivity contribution in [3.05, 3.63) is 0 Å². The maximum Gasteiger partial charge on any atom is 0.325 e. The van der Waals surface area contributed by atoms with E-state index in [0.29, 0.717) is 32.1 Å². The van der Waals surface area contributed by atoms with Crippen LogP contribution < -0.4 is 32.7 Å². The zero-order chi connectivity index (χ0) is 39.2. The Bertz CT molecular complexity index is 1290. The number of likely N-dealkylation sites (tertiary alicyclic amines) is 1. The molecule has 0 radical (unpaired) electrons.